The Morgan fingerprint density at radius 3 is 2.64 bits per heavy atom. The van der Waals surface area contributed by atoms with E-state index in [9.17, 15) is 4.79 Å². The van der Waals surface area contributed by atoms with Gasteiger partial charge in [-0.3, -0.25) is 4.79 Å². The molecule has 0 aliphatic heterocycles. The lowest BCUT2D eigenvalue weighted by Gasteiger charge is -2.19. The van der Waals surface area contributed by atoms with Crippen LogP contribution in [0.4, 0.5) is 0 Å². The maximum absolute atomic E-state index is 10.8. The summed E-state index contributed by atoms with van der Waals surface area (Å²) in [5.41, 5.74) is 0. The Morgan fingerprint density at radius 1 is 1.50 bits per heavy atom. The summed E-state index contributed by atoms with van der Waals surface area (Å²) >= 11 is 0. The molecule has 0 aliphatic carbocycles. The average molecular weight is 202 g/mol. The SMILES string of the molecule is COC(=O)CCCNCC(C)N(C)C. The van der Waals surface area contributed by atoms with E-state index < -0.39 is 0 Å². The van der Waals surface area contributed by atoms with Gasteiger partial charge in [0.1, 0.15) is 0 Å². The average Bonchev–Trinajstić information content (AvgIpc) is 2.16. The normalized spacial score (nSPS) is 12.9. The Labute approximate surface area is 86.6 Å². The number of likely N-dealkylation sites (N-methyl/N-ethyl adjacent to an activating group) is 1. The number of ether oxygens (including phenoxy) is 1. The molecule has 1 N–H and O–H groups in total. The van der Waals surface area contributed by atoms with Gasteiger partial charge in [-0.1, -0.05) is 0 Å². The number of nitrogens with zero attached hydrogens (tertiary/aromatic N) is 1. The van der Waals surface area contributed by atoms with E-state index in [0.717, 1.165) is 19.5 Å². The Morgan fingerprint density at radius 2 is 2.14 bits per heavy atom. The Bertz CT molecular complexity index is 160. The second-order valence-corrected chi connectivity index (χ2v) is 3.70. The minimum Gasteiger partial charge on any atom is -0.469 e. The van der Waals surface area contributed by atoms with Gasteiger partial charge in [-0.25, -0.2) is 0 Å². The Hall–Kier alpha value is -0.610. The van der Waals surface area contributed by atoms with E-state index in [1.807, 2.05) is 0 Å². The molecule has 1 atom stereocenters. The molecule has 0 rings (SSSR count). The first kappa shape index (κ1) is 13.4. The summed E-state index contributed by atoms with van der Waals surface area (Å²) in [7, 11) is 5.53. The smallest absolute Gasteiger partial charge is 0.305 e. The summed E-state index contributed by atoms with van der Waals surface area (Å²) in [6.45, 7) is 3.98. The molecule has 0 aromatic heterocycles. The van der Waals surface area contributed by atoms with Crippen LogP contribution in [0.2, 0.25) is 0 Å². The zero-order chi connectivity index (χ0) is 11.0. The quantitative estimate of drug-likeness (QED) is 0.481. The Balaban J connectivity index is 3.25. The number of esters is 1. The second-order valence-electron chi connectivity index (χ2n) is 3.70. The monoisotopic (exact) mass is 202 g/mol. The summed E-state index contributed by atoms with van der Waals surface area (Å²) in [5.74, 6) is -0.132. The van der Waals surface area contributed by atoms with Crippen molar-refractivity contribution >= 4 is 5.97 Å². The van der Waals surface area contributed by atoms with Crippen molar-refractivity contribution in [1.29, 1.82) is 0 Å². The van der Waals surface area contributed by atoms with Gasteiger partial charge in [0, 0.05) is 19.0 Å². The van der Waals surface area contributed by atoms with Crippen molar-refractivity contribution in [2.45, 2.75) is 25.8 Å². The molecule has 0 bridgehead atoms. The molecule has 14 heavy (non-hydrogen) atoms. The first-order valence-electron chi connectivity index (χ1n) is 5.02. The summed E-state index contributed by atoms with van der Waals surface area (Å²) < 4.78 is 4.54. The fourth-order valence-corrected chi connectivity index (χ4v) is 0.953. The van der Waals surface area contributed by atoms with Crippen LogP contribution >= 0.6 is 0 Å². The van der Waals surface area contributed by atoms with Crippen molar-refractivity contribution in [1.82, 2.24) is 10.2 Å². The molecular weight excluding hydrogens is 180 g/mol. The molecule has 0 radical (unpaired) electrons. The number of nitrogens with one attached hydrogen (secondary N) is 1. The largest absolute Gasteiger partial charge is 0.469 e. The van der Waals surface area contributed by atoms with Gasteiger partial charge >= 0.3 is 5.97 Å². The van der Waals surface area contributed by atoms with Gasteiger partial charge in [-0.2, -0.15) is 0 Å². The van der Waals surface area contributed by atoms with E-state index in [0.29, 0.717) is 12.5 Å². The van der Waals surface area contributed by atoms with Crippen LogP contribution in [0.1, 0.15) is 19.8 Å². The van der Waals surface area contributed by atoms with E-state index in [1.165, 1.54) is 7.11 Å². The van der Waals surface area contributed by atoms with E-state index in [4.69, 9.17) is 0 Å². The summed E-state index contributed by atoms with van der Waals surface area (Å²) in [4.78, 5) is 12.9. The van der Waals surface area contributed by atoms with Crippen molar-refractivity contribution < 1.29 is 9.53 Å². The van der Waals surface area contributed by atoms with Crippen LogP contribution in [0.15, 0.2) is 0 Å². The van der Waals surface area contributed by atoms with Crippen LogP contribution in [0.25, 0.3) is 0 Å². The second kappa shape index (κ2) is 7.76. The fourth-order valence-electron chi connectivity index (χ4n) is 0.953. The topological polar surface area (TPSA) is 41.6 Å². The number of hydrogen-bond acceptors (Lipinski definition) is 4. The van der Waals surface area contributed by atoms with Crippen molar-refractivity contribution in [2.75, 3.05) is 34.3 Å². The molecule has 4 nitrogen and oxygen atoms in total. The van der Waals surface area contributed by atoms with Gasteiger partial charge in [-0.05, 0) is 34.0 Å². The van der Waals surface area contributed by atoms with E-state index in [2.05, 4.69) is 36.0 Å². The molecule has 1 unspecified atom stereocenters. The number of hydrogen-bond donors (Lipinski definition) is 1. The minimum atomic E-state index is -0.132. The van der Waals surface area contributed by atoms with Crippen molar-refractivity contribution in [2.24, 2.45) is 0 Å². The highest BCUT2D eigenvalue weighted by Crippen LogP contribution is 1.91. The first-order valence-corrected chi connectivity index (χ1v) is 5.02. The molecule has 0 fully saturated rings. The maximum Gasteiger partial charge on any atom is 0.305 e. The van der Waals surface area contributed by atoms with Gasteiger partial charge < -0.3 is 15.0 Å². The first-order chi connectivity index (χ1) is 6.57. The highest BCUT2D eigenvalue weighted by Gasteiger charge is 2.03. The molecule has 0 aromatic carbocycles. The van der Waals surface area contributed by atoms with Crippen LogP contribution in [0.5, 0.6) is 0 Å². The van der Waals surface area contributed by atoms with Crippen molar-refractivity contribution in [3.05, 3.63) is 0 Å². The molecule has 0 heterocycles. The van der Waals surface area contributed by atoms with Crippen LogP contribution in [-0.4, -0.2) is 51.2 Å². The summed E-state index contributed by atoms with van der Waals surface area (Å²) in [5, 5.41) is 3.30. The molecule has 84 valence electrons. The number of carbonyl (C=O) groups excluding carboxylic acids is 1. The van der Waals surface area contributed by atoms with Gasteiger partial charge in [0.25, 0.3) is 0 Å². The molecule has 0 aliphatic rings. The number of methoxy groups -OCH3 is 1. The van der Waals surface area contributed by atoms with Gasteiger partial charge in [-0.15, -0.1) is 0 Å². The van der Waals surface area contributed by atoms with E-state index >= 15 is 0 Å². The molecular formula is C10H22N2O2. The third-order valence-electron chi connectivity index (χ3n) is 2.28. The lowest BCUT2D eigenvalue weighted by molar-refractivity contribution is -0.140. The van der Waals surface area contributed by atoms with Gasteiger partial charge in [0.15, 0.2) is 0 Å². The highest BCUT2D eigenvalue weighted by atomic mass is 16.5. The molecule has 0 amide bonds. The van der Waals surface area contributed by atoms with E-state index in [-0.39, 0.29) is 5.97 Å². The third-order valence-corrected chi connectivity index (χ3v) is 2.28. The molecule has 0 saturated heterocycles. The zero-order valence-electron chi connectivity index (χ0n) is 9.67. The van der Waals surface area contributed by atoms with Crippen molar-refractivity contribution in [3.63, 3.8) is 0 Å². The fraction of sp³-hybridized carbons (Fsp3) is 0.900. The number of rotatable bonds is 7. The predicted octanol–water partition coefficient (Wildman–Crippen LogP) is 0.479. The van der Waals surface area contributed by atoms with E-state index in [1.54, 1.807) is 0 Å². The summed E-state index contributed by atoms with van der Waals surface area (Å²) in [6, 6.07) is 0.521. The van der Waals surface area contributed by atoms with Gasteiger partial charge in [0.2, 0.25) is 0 Å². The summed E-state index contributed by atoms with van der Waals surface area (Å²) in [6.07, 6.45) is 1.34. The molecule has 0 saturated carbocycles. The zero-order valence-corrected chi connectivity index (χ0v) is 9.67. The minimum absolute atomic E-state index is 0.132. The third kappa shape index (κ3) is 6.86. The van der Waals surface area contributed by atoms with Crippen molar-refractivity contribution in [3.8, 4) is 0 Å². The van der Waals surface area contributed by atoms with Crippen LogP contribution in [-0.2, 0) is 9.53 Å². The maximum atomic E-state index is 10.8. The standard InChI is InChI=1S/C10H22N2O2/c1-9(12(2)3)8-11-7-5-6-10(13)14-4/h9,11H,5-8H2,1-4H3. The van der Waals surface area contributed by atoms with Crippen LogP contribution in [0.3, 0.4) is 0 Å². The van der Waals surface area contributed by atoms with Crippen LogP contribution in [0, 0.1) is 0 Å². The Kier molecular flexibility index (Phi) is 7.42. The predicted molar refractivity (Wildman–Crippen MR) is 57.3 cm³/mol. The molecule has 0 aromatic rings. The molecule has 4 heteroatoms. The molecule has 0 spiro atoms. The van der Waals surface area contributed by atoms with Crippen LogP contribution < -0.4 is 5.32 Å². The lowest BCUT2D eigenvalue weighted by atomic mass is 10.3. The number of carbonyl (C=O) groups is 1. The highest BCUT2D eigenvalue weighted by molar-refractivity contribution is 5.68. The van der Waals surface area contributed by atoms with Gasteiger partial charge in [0.05, 0.1) is 7.11 Å². The lowest BCUT2D eigenvalue weighted by Crippen LogP contribution is -2.35.